The van der Waals surface area contributed by atoms with E-state index in [0.717, 1.165) is 33.8 Å². The van der Waals surface area contributed by atoms with Crippen molar-refractivity contribution < 1.29 is 0 Å². The number of benzene rings is 10. The van der Waals surface area contributed by atoms with Gasteiger partial charge in [0.05, 0.1) is 28.2 Å². The van der Waals surface area contributed by atoms with E-state index in [-0.39, 0.29) is 0 Å². The second kappa shape index (κ2) is 14.3. The quantitative estimate of drug-likeness (QED) is 0.162. The highest BCUT2D eigenvalue weighted by Crippen LogP contribution is 2.64. The third-order valence-corrected chi connectivity index (χ3v) is 13.5. The van der Waals surface area contributed by atoms with Crippen LogP contribution in [0, 0.1) is 0 Å². The van der Waals surface area contributed by atoms with E-state index in [0.29, 0.717) is 5.82 Å². The van der Waals surface area contributed by atoms with E-state index in [9.17, 15) is 0 Å². The fourth-order valence-corrected chi connectivity index (χ4v) is 10.6. The molecule has 1 spiro atoms. The van der Waals surface area contributed by atoms with Crippen LogP contribution in [0.1, 0.15) is 22.3 Å². The largest absolute Gasteiger partial charge is 0.310 e. The van der Waals surface area contributed by atoms with Crippen LogP contribution in [-0.4, -0.2) is 9.97 Å². The summed E-state index contributed by atoms with van der Waals surface area (Å²) in [5.74, 6) is 0.705. The first kappa shape index (κ1) is 36.3. The van der Waals surface area contributed by atoms with Crippen molar-refractivity contribution >= 4 is 38.6 Å². The molecule has 0 amide bonds. The van der Waals surface area contributed by atoms with Crippen LogP contribution in [0.5, 0.6) is 0 Å². The maximum atomic E-state index is 5.30. The van der Waals surface area contributed by atoms with E-state index in [1.54, 1.807) is 0 Å². The van der Waals surface area contributed by atoms with E-state index in [1.165, 1.54) is 77.4 Å². The number of hydrogen-bond donors (Lipinski definition) is 0. The molecule has 1 aliphatic carbocycles. The Labute approximate surface area is 372 Å². The predicted molar refractivity (Wildman–Crippen MR) is 264 cm³/mol. The Morgan fingerprint density at radius 2 is 0.812 bits per heavy atom. The predicted octanol–water partition coefficient (Wildman–Crippen LogP) is 15.6. The van der Waals surface area contributed by atoms with E-state index < -0.39 is 5.41 Å². The lowest BCUT2D eigenvalue weighted by molar-refractivity contribution is 0.753. The van der Waals surface area contributed by atoms with Crippen molar-refractivity contribution in [1.29, 1.82) is 0 Å². The van der Waals surface area contributed by atoms with Crippen LogP contribution in [0.4, 0.5) is 17.1 Å². The summed E-state index contributed by atoms with van der Waals surface area (Å²) in [6.45, 7) is 0. The highest BCUT2D eigenvalue weighted by atomic mass is 15.2. The van der Waals surface area contributed by atoms with Crippen molar-refractivity contribution in [3.8, 4) is 56.2 Å². The first-order valence-electron chi connectivity index (χ1n) is 22.0. The molecule has 0 atom stereocenters. The van der Waals surface area contributed by atoms with Crippen molar-refractivity contribution in [2.24, 2.45) is 0 Å². The Kier molecular flexibility index (Phi) is 8.13. The van der Waals surface area contributed by atoms with Crippen molar-refractivity contribution in [3.63, 3.8) is 0 Å². The smallest absolute Gasteiger partial charge is 0.160 e. The number of aromatic nitrogens is 2. The maximum absolute atomic E-state index is 5.30. The molecular weight excluding hydrogens is 775 g/mol. The zero-order valence-corrected chi connectivity index (χ0v) is 34.9. The topological polar surface area (TPSA) is 29.0 Å². The molecule has 13 rings (SSSR count). The van der Waals surface area contributed by atoms with Crippen LogP contribution in [-0.2, 0) is 5.41 Å². The third-order valence-electron chi connectivity index (χ3n) is 13.5. The molecule has 0 unspecified atom stereocenters. The average molecular weight is 814 g/mol. The SMILES string of the molecule is c1ccc(-c2cc(-c3ccc4c(c3)-c3cc(-c5ccc6c(ccc7ccccc76)c5)ccc3C43c4ccccc4N(c4ccccc4)c4ccccc43)nc(-c3ccccc3)n2)cc1. The molecule has 0 saturated heterocycles. The van der Waals surface area contributed by atoms with Crippen LogP contribution in [0.15, 0.2) is 237 Å². The Morgan fingerprint density at radius 3 is 1.52 bits per heavy atom. The number of fused-ring (bicyclic) bond motifs is 12. The summed E-state index contributed by atoms with van der Waals surface area (Å²) in [5, 5.41) is 5.04. The molecule has 10 aromatic carbocycles. The lowest BCUT2D eigenvalue weighted by Gasteiger charge is -2.45. The van der Waals surface area contributed by atoms with Crippen LogP contribution in [0.2, 0.25) is 0 Å². The summed E-state index contributed by atoms with van der Waals surface area (Å²) in [6, 6.07) is 86.0. The van der Waals surface area contributed by atoms with Gasteiger partial charge in [-0.3, -0.25) is 0 Å². The summed E-state index contributed by atoms with van der Waals surface area (Å²) in [6.07, 6.45) is 0. The van der Waals surface area contributed by atoms with Gasteiger partial charge in [-0.15, -0.1) is 0 Å². The maximum Gasteiger partial charge on any atom is 0.160 e. The van der Waals surface area contributed by atoms with Crippen molar-refractivity contribution in [3.05, 3.63) is 259 Å². The molecule has 0 saturated carbocycles. The number of hydrogen-bond acceptors (Lipinski definition) is 3. The summed E-state index contributed by atoms with van der Waals surface area (Å²) in [7, 11) is 0. The molecule has 1 aromatic heterocycles. The zero-order valence-electron chi connectivity index (χ0n) is 34.9. The highest BCUT2D eigenvalue weighted by molar-refractivity contribution is 6.08. The van der Waals surface area contributed by atoms with Crippen LogP contribution >= 0.6 is 0 Å². The molecule has 11 aromatic rings. The Hall–Kier alpha value is -8.40. The molecule has 3 nitrogen and oxygen atoms in total. The molecule has 298 valence electrons. The minimum atomic E-state index is -0.585. The number of para-hydroxylation sites is 3. The number of nitrogens with zero attached hydrogens (tertiary/aromatic N) is 3. The van der Waals surface area contributed by atoms with Gasteiger partial charge in [-0.1, -0.05) is 188 Å². The number of anilines is 3. The first-order valence-corrected chi connectivity index (χ1v) is 22.0. The van der Waals surface area contributed by atoms with Gasteiger partial charge in [-0.25, -0.2) is 9.97 Å². The standard InChI is InChI=1S/C61H39N3/c1-4-17-41(18-5-1)56-39-57(63-60(62-56)42-19-6-2-7-20-42)46-32-35-53-51(38-46)50-37-44(43-30-33-49-45(36-43)29-28-40-16-10-11-23-48(40)49)31-34-52(50)61(53)54-24-12-14-26-58(54)64(47-21-8-3-9-22-47)59-27-15-13-25-55(59)61/h1-39H. The van der Waals surface area contributed by atoms with E-state index in [2.05, 4.69) is 217 Å². The zero-order chi connectivity index (χ0) is 42.2. The lowest BCUT2D eigenvalue weighted by Crippen LogP contribution is -2.36. The Morgan fingerprint density at radius 1 is 0.312 bits per heavy atom. The normalized spacial score (nSPS) is 13.1. The van der Waals surface area contributed by atoms with E-state index in [4.69, 9.17) is 9.97 Å². The first-order chi connectivity index (χ1) is 31.7. The molecule has 3 heteroatoms. The summed E-state index contributed by atoms with van der Waals surface area (Å²) in [4.78, 5) is 12.9. The second-order valence-electron chi connectivity index (χ2n) is 16.9. The lowest BCUT2D eigenvalue weighted by atomic mass is 9.64. The Bertz CT molecular complexity index is 3510. The molecule has 2 aliphatic rings. The van der Waals surface area contributed by atoms with Crippen molar-refractivity contribution in [2.45, 2.75) is 5.41 Å². The van der Waals surface area contributed by atoms with Crippen LogP contribution < -0.4 is 4.90 Å². The van der Waals surface area contributed by atoms with Gasteiger partial charge in [0.25, 0.3) is 0 Å². The molecule has 0 radical (unpaired) electrons. The van der Waals surface area contributed by atoms with Crippen LogP contribution in [0.25, 0.3) is 77.7 Å². The van der Waals surface area contributed by atoms with Crippen molar-refractivity contribution in [2.75, 3.05) is 4.90 Å². The second-order valence-corrected chi connectivity index (χ2v) is 16.9. The fraction of sp³-hybridized carbons (Fsp3) is 0.0164. The fourth-order valence-electron chi connectivity index (χ4n) is 10.6. The molecule has 0 N–H and O–H groups in total. The summed E-state index contributed by atoms with van der Waals surface area (Å²) < 4.78 is 0. The van der Waals surface area contributed by atoms with Gasteiger partial charge in [0.2, 0.25) is 0 Å². The van der Waals surface area contributed by atoms with Gasteiger partial charge in [-0.2, -0.15) is 0 Å². The monoisotopic (exact) mass is 813 g/mol. The highest BCUT2D eigenvalue weighted by Gasteiger charge is 2.51. The minimum Gasteiger partial charge on any atom is -0.310 e. The third kappa shape index (κ3) is 5.47. The molecular formula is C61H39N3. The van der Waals surface area contributed by atoms with Gasteiger partial charge in [0.1, 0.15) is 0 Å². The van der Waals surface area contributed by atoms with Gasteiger partial charge < -0.3 is 4.90 Å². The summed E-state index contributed by atoms with van der Waals surface area (Å²) >= 11 is 0. The van der Waals surface area contributed by atoms with Crippen LogP contribution in [0.3, 0.4) is 0 Å². The van der Waals surface area contributed by atoms with Gasteiger partial charge in [0, 0.05) is 22.4 Å². The molecule has 0 bridgehead atoms. The molecule has 1 aliphatic heterocycles. The molecule has 2 heterocycles. The average Bonchev–Trinajstić information content (AvgIpc) is 3.66. The van der Waals surface area contributed by atoms with Crippen molar-refractivity contribution in [1.82, 2.24) is 9.97 Å². The van der Waals surface area contributed by atoms with E-state index >= 15 is 0 Å². The number of rotatable bonds is 5. The minimum absolute atomic E-state index is 0.585. The van der Waals surface area contributed by atoms with Gasteiger partial charge in [-0.05, 0) is 115 Å². The Balaban J connectivity index is 1.07. The summed E-state index contributed by atoms with van der Waals surface area (Å²) in [5.41, 5.74) is 17.7. The van der Waals surface area contributed by atoms with Gasteiger partial charge >= 0.3 is 0 Å². The molecule has 0 fully saturated rings. The van der Waals surface area contributed by atoms with E-state index in [1.807, 2.05) is 24.3 Å². The molecule has 64 heavy (non-hydrogen) atoms. The van der Waals surface area contributed by atoms with Gasteiger partial charge in [0.15, 0.2) is 5.82 Å².